The molecule has 3 heteroatoms. The molecular formula is C16H32N2S. The smallest absolute Gasteiger partial charge is 0.00729 e. The molecule has 112 valence electrons. The lowest BCUT2D eigenvalue weighted by atomic mass is 9.69. The van der Waals surface area contributed by atoms with Crippen molar-refractivity contribution in [3.63, 3.8) is 0 Å². The van der Waals surface area contributed by atoms with Crippen molar-refractivity contribution in [1.29, 1.82) is 0 Å². The molecule has 2 fully saturated rings. The Labute approximate surface area is 124 Å². The van der Waals surface area contributed by atoms with Crippen molar-refractivity contribution >= 4 is 11.8 Å². The van der Waals surface area contributed by atoms with E-state index in [1.54, 1.807) is 0 Å². The molecule has 1 N–H and O–H groups in total. The van der Waals surface area contributed by atoms with E-state index < -0.39 is 0 Å². The molecule has 0 bridgehead atoms. The van der Waals surface area contributed by atoms with E-state index in [9.17, 15) is 0 Å². The molecule has 0 aromatic rings. The molecule has 0 aromatic heterocycles. The van der Waals surface area contributed by atoms with E-state index in [1.165, 1.54) is 76.3 Å². The van der Waals surface area contributed by atoms with E-state index in [0.717, 1.165) is 5.92 Å². The molecule has 1 heterocycles. The monoisotopic (exact) mass is 284 g/mol. The predicted octanol–water partition coefficient (Wildman–Crippen LogP) is 3.23. The fraction of sp³-hybridized carbons (Fsp3) is 1.00. The fourth-order valence-corrected chi connectivity index (χ4v) is 4.87. The Bertz CT molecular complexity index is 253. The van der Waals surface area contributed by atoms with E-state index in [1.807, 2.05) is 0 Å². The van der Waals surface area contributed by atoms with Crippen molar-refractivity contribution in [2.45, 2.75) is 46.0 Å². The highest BCUT2D eigenvalue weighted by atomic mass is 32.2. The first kappa shape index (κ1) is 15.7. The van der Waals surface area contributed by atoms with Crippen LogP contribution in [0.25, 0.3) is 0 Å². The highest BCUT2D eigenvalue weighted by molar-refractivity contribution is 7.99. The first-order valence-corrected chi connectivity index (χ1v) is 9.40. The van der Waals surface area contributed by atoms with Gasteiger partial charge in [0.25, 0.3) is 0 Å². The highest BCUT2D eigenvalue weighted by Crippen LogP contribution is 2.40. The molecule has 0 spiro atoms. The molecule has 2 nitrogen and oxygen atoms in total. The molecule has 19 heavy (non-hydrogen) atoms. The number of thioether (sulfide) groups is 1. The largest absolute Gasteiger partial charge is 0.316 e. The zero-order chi connectivity index (χ0) is 13.6. The van der Waals surface area contributed by atoms with Gasteiger partial charge in [0.05, 0.1) is 0 Å². The van der Waals surface area contributed by atoms with Crippen LogP contribution in [-0.2, 0) is 0 Å². The van der Waals surface area contributed by atoms with Crippen LogP contribution >= 0.6 is 11.8 Å². The second kappa shape index (κ2) is 7.90. The van der Waals surface area contributed by atoms with Gasteiger partial charge in [0, 0.05) is 37.7 Å². The van der Waals surface area contributed by atoms with Gasteiger partial charge < -0.3 is 10.2 Å². The number of nitrogens with one attached hydrogen (secondary N) is 1. The van der Waals surface area contributed by atoms with Crippen molar-refractivity contribution < 1.29 is 0 Å². The molecular weight excluding hydrogens is 252 g/mol. The molecule has 2 unspecified atom stereocenters. The maximum absolute atomic E-state index is 3.72. The van der Waals surface area contributed by atoms with Gasteiger partial charge in [-0.15, -0.1) is 0 Å². The summed E-state index contributed by atoms with van der Waals surface area (Å²) in [7, 11) is 0. The van der Waals surface area contributed by atoms with Crippen LogP contribution in [0.4, 0.5) is 0 Å². The van der Waals surface area contributed by atoms with Crippen LogP contribution in [0.15, 0.2) is 0 Å². The number of rotatable bonds is 6. The minimum Gasteiger partial charge on any atom is -0.316 e. The summed E-state index contributed by atoms with van der Waals surface area (Å²) in [5.41, 5.74) is 0.564. The van der Waals surface area contributed by atoms with Crippen LogP contribution in [0.5, 0.6) is 0 Å². The molecule has 0 radical (unpaired) electrons. The summed E-state index contributed by atoms with van der Waals surface area (Å²) in [6.45, 7) is 11.1. The summed E-state index contributed by atoms with van der Waals surface area (Å²) in [6.07, 6.45) is 7.03. The highest BCUT2D eigenvalue weighted by Gasteiger charge is 2.36. The first-order valence-electron chi connectivity index (χ1n) is 8.25. The molecule has 1 saturated carbocycles. The SMILES string of the molecule is CCCNCC1(CN2CCSCC2)CCCC(C)C1. The molecule has 1 aliphatic heterocycles. The molecule has 2 aliphatic rings. The van der Waals surface area contributed by atoms with Crippen molar-refractivity contribution in [3.8, 4) is 0 Å². The molecule has 0 aromatic carbocycles. The summed E-state index contributed by atoms with van der Waals surface area (Å²) < 4.78 is 0. The lowest BCUT2D eigenvalue weighted by Crippen LogP contribution is -2.48. The van der Waals surface area contributed by atoms with Gasteiger partial charge >= 0.3 is 0 Å². The molecule has 0 amide bonds. The molecule has 2 atom stereocenters. The van der Waals surface area contributed by atoms with Gasteiger partial charge in [0.2, 0.25) is 0 Å². The number of hydrogen-bond acceptors (Lipinski definition) is 3. The van der Waals surface area contributed by atoms with Crippen LogP contribution in [0.1, 0.15) is 46.0 Å². The van der Waals surface area contributed by atoms with Crippen molar-refractivity contribution in [1.82, 2.24) is 10.2 Å². The normalized spacial score (nSPS) is 33.5. The number of nitrogens with zero attached hydrogens (tertiary/aromatic N) is 1. The van der Waals surface area contributed by atoms with Crippen molar-refractivity contribution in [2.75, 3.05) is 44.2 Å². The maximum Gasteiger partial charge on any atom is 0.00729 e. The molecule has 2 rings (SSSR count). The minimum atomic E-state index is 0.564. The van der Waals surface area contributed by atoms with E-state index in [2.05, 4.69) is 35.8 Å². The van der Waals surface area contributed by atoms with Gasteiger partial charge in [-0.2, -0.15) is 11.8 Å². The average Bonchev–Trinajstić information content (AvgIpc) is 2.40. The third-order valence-corrected chi connectivity index (χ3v) is 5.72. The zero-order valence-corrected chi connectivity index (χ0v) is 13.7. The van der Waals surface area contributed by atoms with Crippen LogP contribution in [-0.4, -0.2) is 49.1 Å². The maximum atomic E-state index is 3.72. The summed E-state index contributed by atoms with van der Waals surface area (Å²) in [6, 6.07) is 0. The standard InChI is InChI=1S/C16H32N2S/c1-3-7-17-13-16(6-4-5-15(2)12-16)14-18-8-10-19-11-9-18/h15,17H,3-14H2,1-2H3. The first-order chi connectivity index (χ1) is 9.24. The third kappa shape index (κ3) is 4.95. The second-order valence-corrected chi connectivity index (χ2v) is 7.99. The zero-order valence-electron chi connectivity index (χ0n) is 12.9. The van der Waals surface area contributed by atoms with Crippen molar-refractivity contribution in [3.05, 3.63) is 0 Å². The molecule has 1 saturated heterocycles. The van der Waals surface area contributed by atoms with Crippen LogP contribution in [0.2, 0.25) is 0 Å². The van der Waals surface area contributed by atoms with Gasteiger partial charge in [-0.05, 0) is 37.1 Å². The lowest BCUT2D eigenvalue weighted by Gasteiger charge is -2.44. The van der Waals surface area contributed by atoms with E-state index in [0.29, 0.717) is 5.41 Å². The topological polar surface area (TPSA) is 15.3 Å². The van der Waals surface area contributed by atoms with Crippen LogP contribution < -0.4 is 5.32 Å². The Morgan fingerprint density at radius 3 is 2.79 bits per heavy atom. The van der Waals surface area contributed by atoms with Crippen molar-refractivity contribution in [2.24, 2.45) is 11.3 Å². The van der Waals surface area contributed by atoms with Crippen LogP contribution in [0, 0.1) is 11.3 Å². The Kier molecular flexibility index (Phi) is 6.51. The Hall–Kier alpha value is 0.270. The van der Waals surface area contributed by atoms with Gasteiger partial charge in [-0.3, -0.25) is 0 Å². The van der Waals surface area contributed by atoms with E-state index >= 15 is 0 Å². The van der Waals surface area contributed by atoms with Gasteiger partial charge in [-0.1, -0.05) is 26.7 Å². The summed E-state index contributed by atoms with van der Waals surface area (Å²) >= 11 is 2.12. The average molecular weight is 285 g/mol. The summed E-state index contributed by atoms with van der Waals surface area (Å²) in [5, 5.41) is 3.72. The Morgan fingerprint density at radius 1 is 1.32 bits per heavy atom. The molecule has 1 aliphatic carbocycles. The quantitative estimate of drug-likeness (QED) is 0.754. The summed E-state index contributed by atoms with van der Waals surface area (Å²) in [5.74, 6) is 3.61. The fourth-order valence-electron chi connectivity index (χ4n) is 3.89. The van der Waals surface area contributed by atoms with E-state index in [-0.39, 0.29) is 0 Å². The van der Waals surface area contributed by atoms with Crippen LogP contribution in [0.3, 0.4) is 0 Å². The Morgan fingerprint density at radius 2 is 2.11 bits per heavy atom. The van der Waals surface area contributed by atoms with Gasteiger partial charge in [0.1, 0.15) is 0 Å². The Balaban J connectivity index is 1.91. The number of hydrogen-bond donors (Lipinski definition) is 1. The third-order valence-electron chi connectivity index (χ3n) is 4.78. The minimum absolute atomic E-state index is 0.564. The predicted molar refractivity (Wildman–Crippen MR) is 87.0 cm³/mol. The van der Waals surface area contributed by atoms with E-state index in [4.69, 9.17) is 0 Å². The lowest BCUT2D eigenvalue weighted by molar-refractivity contribution is 0.0849. The van der Waals surface area contributed by atoms with Gasteiger partial charge in [0.15, 0.2) is 0 Å². The van der Waals surface area contributed by atoms with Gasteiger partial charge in [-0.25, -0.2) is 0 Å². The summed E-state index contributed by atoms with van der Waals surface area (Å²) in [4.78, 5) is 2.74. The second-order valence-electron chi connectivity index (χ2n) is 6.77.